The van der Waals surface area contributed by atoms with E-state index in [1.54, 1.807) is 47.1 Å². The smallest absolute Gasteiger partial charge is 0.362 e. The van der Waals surface area contributed by atoms with E-state index in [0.717, 1.165) is 23.3 Å². The third kappa shape index (κ3) is 5.68. The Morgan fingerprint density at radius 2 is 1.56 bits per heavy atom. The molecule has 0 bridgehead atoms. The molecule has 222 valence electrons. The number of para-hydroxylation sites is 2. The first-order valence-electron chi connectivity index (χ1n) is 13.1. The molecule has 1 atom stereocenters. The van der Waals surface area contributed by atoms with Crippen LogP contribution in [0.15, 0.2) is 65.6 Å². The number of benzene rings is 3. The van der Waals surface area contributed by atoms with Crippen LogP contribution in [-0.4, -0.2) is 49.5 Å². The van der Waals surface area contributed by atoms with E-state index in [0.29, 0.717) is 17.1 Å². The van der Waals surface area contributed by atoms with Gasteiger partial charge in [0.2, 0.25) is 9.84 Å². The summed E-state index contributed by atoms with van der Waals surface area (Å²) in [7, 11) is -4.23. The Morgan fingerprint density at radius 3 is 2.14 bits per heavy atom. The molecule has 0 saturated carbocycles. The normalized spacial score (nSPS) is 14.9. The number of piperazine rings is 1. The van der Waals surface area contributed by atoms with Gasteiger partial charge in [0.05, 0.1) is 32.5 Å². The largest absolute Gasteiger partial charge is 0.416 e. The second-order valence-corrected chi connectivity index (χ2v) is 12.2. The number of nitriles is 1. The predicted octanol–water partition coefficient (Wildman–Crippen LogP) is 5.54. The second-order valence-electron chi connectivity index (χ2n) is 10.2. The number of fused-ring (bicyclic) bond motifs is 1. The van der Waals surface area contributed by atoms with Crippen molar-refractivity contribution in [2.24, 2.45) is 0 Å². The Kier molecular flexibility index (Phi) is 7.70. The predicted molar refractivity (Wildman–Crippen MR) is 154 cm³/mol. The van der Waals surface area contributed by atoms with Crippen molar-refractivity contribution in [2.45, 2.75) is 30.2 Å². The highest BCUT2D eigenvalue weighted by Gasteiger charge is 2.37. The lowest BCUT2D eigenvalue weighted by Crippen LogP contribution is -2.47. The number of hydrogen-bond acceptors (Lipinski definition) is 9. The summed E-state index contributed by atoms with van der Waals surface area (Å²) < 4.78 is 67.1. The Balaban J connectivity index is 1.52. The van der Waals surface area contributed by atoms with Crippen LogP contribution in [0.4, 0.5) is 30.4 Å². The number of nitro benzene ring substituents is 1. The number of alkyl halides is 3. The van der Waals surface area contributed by atoms with Crippen molar-refractivity contribution in [1.29, 1.82) is 5.26 Å². The Hall–Kier alpha value is -4.77. The third-order valence-electron chi connectivity index (χ3n) is 7.48. The number of nitro groups is 1. The maximum absolute atomic E-state index is 13.8. The summed E-state index contributed by atoms with van der Waals surface area (Å²) in [5.74, 6) is 0.180. The van der Waals surface area contributed by atoms with E-state index in [1.807, 2.05) is 13.0 Å². The van der Waals surface area contributed by atoms with Crippen LogP contribution < -0.4 is 9.80 Å². The van der Waals surface area contributed by atoms with Crippen molar-refractivity contribution < 1.29 is 26.5 Å². The number of halogens is 3. The molecule has 43 heavy (non-hydrogen) atoms. The number of rotatable bonds is 6. The van der Waals surface area contributed by atoms with Crippen molar-refractivity contribution in [3.8, 4) is 6.07 Å². The van der Waals surface area contributed by atoms with E-state index < -0.39 is 37.4 Å². The van der Waals surface area contributed by atoms with Crippen molar-refractivity contribution in [3.05, 3.63) is 93.2 Å². The van der Waals surface area contributed by atoms with E-state index in [1.165, 1.54) is 12.1 Å². The van der Waals surface area contributed by atoms with Gasteiger partial charge in [-0.15, -0.1) is 0 Å². The van der Waals surface area contributed by atoms with Crippen LogP contribution in [0, 0.1) is 35.3 Å². The highest BCUT2D eigenvalue weighted by Crippen LogP contribution is 2.38. The standard InChI is InChI=1S/C29H25F3N6O4S/c1-18-7-9-21(15-19(18)2)43(41,42)26(17-33)27-28(35-23-6-4-3-5-22(23)34-27)37-13-11-36(12-14-37)24-10-8-20(29(30,31)32)16-25(24)38(39)40/h3-10,15-16,26H,11-14H2,1-2H3/t26-/m1/s1. The molecule has 2 heterocycles. The van der Waals surface area contributed by atoms with Gasteiger partial charge >= 0.3 is 6.18 Å². The summed E-state index contributed by atoms with van der Waals surface area (Å²) in [6.07, 6.45) is -4.73. The minimum Gasteiger partial charge on any atom is -0.362 e. The topological polar surface area (TPSA) is 133 Å². The first-order valence-corrected chi connectivity index (χ1v) is 14.7. The summed E-state index contributed by atoms with van der Waals surface area (Å²) in [6.45, 7) is 4.29. The summed E-state index contributed by atoms with van der Waals surface area (Å²) in [6, 6.07) is 15.8. The average Bonchev–Trinajstić information content (AvgIpc) is 2.97. The van der Waals surface area contributed by atoms with Crippen LogP contribution in [-0.2, 0) is 16.0 Å². The van der Waals surface area contributed by atoms with Crippen LogP contribution in [0.2, 0.25) is 0 Å². The molecule has 3 aromatic carbocycles. The van der Waals surface area contributed by atoms with Crippen LogP contribution in [0.1, 0.15) is 27.6 Å². The SMILES string of the molecule is Cc1ccc(S(=O)(=O)[C@H](C#N)c2nc3ccccc3nc2N2CCN(c3ccc(C(F)(F)F)cc3[N+](=O)[O-])CC2)cc1C. The molecule has 0 N–H and O–H groups in total. The van der Waals surface area contributed by atoms with E-state index in [-0.39, 0.29) is 48.3 Å². The fourth-order valence-electron chi connectivity index (χ4n) is 4.99. The molecule has 1 aliphatic rings. The van der Waals surface area contributed by atoms with Gasteiger partial charge in [-0.1, -0.05) is 18.2 Å². The van der Waals surface area contributed by atoms with Crippen molar-refractivity contribution >= 4 is 38.1 Å². The zero-order chi connectivity index (χ0) is 31.1. The van der Waals surface area contributed by atoms with Crippen LogP contribution >= 0.6 is 0 Å². The molecule has 5 rings (SSSR count). The van der Waals surface area contributed by atoms with Gasteiger partial charge in [-0.3, -0.25) is 10.1 Å². The fraction of sp³-hybridized carbons (Fsp3) is 0.276. The van der Waals surface area contributed by atoms with Gasteiger partial charge in [0, 0.05) is 32.2 Å². The van der Waals surface area contributed by atoms with Crippen LogP contribution in [0.3, 0.4) is 0 Å². The molecule has 1 aromatic heterocycles. The van der Waals surface area contributed by atoms with E-state index in [9.17, 15) is 37.0 Å². The molecule has 0 spiro atoms. The van der Waals surface area contributed by atoms with E-state index in [2.05, 4.69) is 9.97 Å². The lowest BCUT2D eigenvalue weighted by Gasteiger charge is -2.37. The van der Waals surface area contributed by atoms with Crippen molar-refractivity contribution in [1.82, 2.24) is 9.97 Å². The van der Waals surface area contributed by atoms with Gasteiger partial charge in [0.25, 0.3) is 5.69 Å². The van der Waals surface area contributed by atoms with Gasteiger partial charge in [-0.25, -0.2) is 18.4 Å². The average molecular weight is 611 g/mol. The highest BCUT2D eigenvalue weighted by atomic mass is 32.2. The molecule has 4 aromatic rings. The Bertz CT molecular complexity index is 1880. The molecule has 14 heteroatoms. The minimum atomic E-state index is -4.73. The quantitative estimate of drug-likeness (QED) is 0.204. The van der Waals surface area contributed by atoms with E-state index >= 15 is 0 Å². The molecule has 1 fully saturated rings. The molecule has 0 radical (unpaired) electrons. The summed E-state index contributed by atoms with van der Waals surface area (Å²) in [5.41, 5.74) is 0.714. The maximum Gasteiger partial charge on any atom is 0.416 e. The lowest BCUT2D eigenvalue weighted by atomic mass is 10.1. The summed E-state index contributed by atoms with van der Waals surface area (Å²) in [5, 5.41) is 20.1. The Morgan fingerprint density at radius 1 is 0.930 bits per heavy atom. The molecule has 0 aliphatic carbocycles. The van der Waals surface area contributed by atoms with E-state index in [4.69, 9.17) is 0 Å². The zero-order valence-corrected chi connectivity index (χ0v) is 23.9. The molecule has 1 saturated heterocycles. The number of aromatic nitrogens is 2. The van der Waals surface area contributed by atoms with Crippen molar-refractivity contribution in [3.63, 3.8) is 0 Å². The van der Waals surface area contributed by atoms with Crippen LogP contribution in [0.25, 0.3) is 11.0 Å². The molecule has 0 unspecified atom stereocenters. The fourth-order valence-corrected chi connectivity index (χ4v) is 6.45. The monoisotopic (exact) mass is 610 g/mol. The lowest BCUT2D eigenvalue weighted by molar-refractivity contribution is -0.384. The number of nitrogens with zero attached hydrogens (tertiary/aromatic N) is 6. The highest BCUT2D eigenvalue weighted by molar-refractivity contribution is 7.92. The molecule has 10 nitrogen and oxygen atoms in total. The number of hydrogen-bond donors (Lipinski definition) is 0. The van der Waals surface area contributed by atoms with Gasteiger partial charge < -0.3 is 9.80 Å². The first-order chi connectivity index (χ1) is 20.3. The summed E-state index contributed by atoms with van der Waals surface area (Å²) >= 11 is 0. The number of aryl methyl sites for hydroxylation is 2. The Labute approximate surface area is 245 Å². The third-order valence-corrected chi connectivity index (χ3v) is 9.34. The molecular weight excluding hydrogens is 585 g/mol. The summed E-state index contributed by atoms with van der Waals surface area (Å²) in [4.78, 5) is 23.4. The van der Waals surface area contributed by atoms with Crippen molar-refractivity contribution in [2.75, 3.05) is 36.0 Å². The molecule has 0 amide bonds. The molecule has 1 aliphatic heterocycles. The van der Waals surface area contributed by atoms with Crippen LogP contribution in [0.5, 0.6) is 0 Å². The maximum atomic E-state index is 13.8. The number of sulfone groups is 1. The first kappa shape index (κ1) is 29.7. The van der Waals surface area contributed by atoms with Gasteiger partial charge in [-0.2, -0.15) is 18.4 Å². The van der Waals surface area contributed by atoms with Gasteiger partial charge in [0.1, 0.15) is 11.4 Å². The molecular formula is C29H25F3N6O4S. The van der Waals surface area contributed by atoms with Gasteiger partial charge in [0.15, 0.2) is 11.1 Å². The van der Waals surface area contributed by atoms with Gasteiger partial charge in [-0.05, 0) is 61.4 Å². The minimum absolute atomic E-state index is 0.0255. The zero-order valence-electron chi connectivity index (χ0n) is 23.0. The second kappa shape index (κ2) is 11.1. The number of anilines is 2.